The van der Waals surface area contributed by atoms with Gasteiger partial charge in [-0.2, -0.15) is 10.4 Å². The number of ether oxygens (including phenoxy) is 1. The van der Waals surface area contributed by atoms with Gasteiger partial charge >= 0.3 is 0 Å². The molecule has 1 N–H and O–H groups in total. The van der Waals surface area contributed by atoms with Gasteiger partial charge in [-0.1, -0.05) is 39.7 Å². The molecule has 0 spiro atoms. The summed E-state index contributed by atoms with van der Waals surface area (Å²) in [5.41, 5.74) is 4.33. The Hall–Kier alpha value is -2.03. The van der Waals surface area contributed by atoms with Crippen LogP contribution in [0.15, 0.2) is 52.0 Å². The fourth-order valence-electron chi connectivity index (χ4n) is 1.58. The molecule has 0 amide bonds. The first-order chi connectivity index (χ1) is 10.2. The van der Waals surface area contributed by atoms with Crippen LogP contribution in [0.25, 0.3) is 0 Å². The van der Waals surface area contributed by atoms with Crippen molar-refractivity contribution in [2.75, 3.05) is 12.0 Å². The molecule has 2 aromatic rings. The highest BCUT2D eigenvalue weighted by Crippen LogP contribution is 2.23. The summed E-state index contributed by atoms with van der Waals surface area (Å²) >= 11 is 9.42. The molecule has 0 saturated carbocycles. The number of hydrogen-bond acceptors (Lipinski definition) is 4. The third-order valence-electron chi connectivity index (χ3n) is 2.53. The second-order valence-corrected chi connectivity index (χ2v) is 5.30. The zero-order valence-electron chi connectivity index (χ0n) is 10.9. The van der Waals surface area contributed by atoms with Crippen molar-refractivity contribution in [1.82, 2.24) is 0 Å². The van der Waals surface area contributed by atoms with Crippen molar-refractivity contribution in [3.8, 4) is 11.8 Å². The van der Waals surface area contributed by atoms with E-state index in [4.69, 9.17) is 21.6 Å². The summed E-state index contributed by atoms with van der Waals surface area (Å²) in [6, 6.07) is 14.7. The van der Waals surface area contributed by atoms with Crippen LogP contribution in [-0.2, 0) is 0 Å². The van der Waals surface area contributed by atoms with E-state index in [2.05, 4.69) is 26.5 Å². The van der Waals surface area contributed by atoms with E-state index in [0.29, 0.717) is 16.5 Å². The molecule has 0 aliphatic carbocycles. The highest BCUT2D eigenvalue weighted by molar-refractivity contribution is 9.10. The molecule has 0 aliphatic heterocycles. The molecule has 106 valence electrons. The number of rotatable bonds is 5. The van der Waals surface area contributed by atoms with Gasteiger partial charge in [0.25, 0.3) is 0 Å². The van der Waals surface area contributed by atoms with Gasteiger partial charge in [-0.15, -0.1) is 0 Å². The topological polar surface area (TPSA) is 57.4 Å². The van der Waals surface area contributed by atoms with Crippen LogP contribution < -0.4 is 10.2 Å². The lowest BCUT2D eigenvalue weighted by molar-refractivity contribution is 0.367. The van der Waals surface area contributed by atoms with Crippen LogP contribution in [0.3, 0.4) is 0 Å². The fourth-order valence-corrected chi connectivity index (χ4v) is 2.14. The van der Waals surface area contributed by atoms with Crippen molar-refractivity contribution < 1.29 is 4.74 Å². The summed E-state index contributed by atoms with van der Waals surface area (Å²) in [5.74, 6) is 0.587. The smallest absolute Gasteiger partial charge is 0.174 e. The first kappa shape index (κ1) is 15.4. The fraction of sp³-hybridized carbons (Fsp3) is 0.0667. The van der Waals surface area contributed by atoms with Gasteiger partial charge in [0.15, 0.2) is 6.61 Å². The number of halogens is 2. The number of anilines is 1. The van der Waals surface area contributed by atoms with Crippen LogP contribution in [0.5, 0.6) is 5.75 Å². The van der Waals surface area contributed by atoms with E-state index in [9.17, 15) is 0 Å². The number of hydrazone groups is 1. The van der Waals surface area contributed by atoms with E-state index in [1.807, 2.05) is 36.4 Å². The van der Waals surface area contributed by atoms with Gasteiger partial charge in [0.05, 0.1) is 16.9 Å². The number of hydrogen-bond donors (Lipinski definition) is 1. The monoisotopic (exact) mass is 363 g/mol. The Morgan fingerprint density at radius 3 is 2.90 bits per heavy atom. The maximum atomic E-state index is 8.58. The molecule has 0 radical (unpaired) electrons. The van der Waals surface area contributed by atoms with E-state index >= 15 is 0 Å². The summed E-state index contributed by atoms with van der Waals surface area (Å²) in [6.07, 6.45) is 1.61. The molecule has 21 heavy (non-hydrogen) atoms. The van der Waals surface area contributed by atoms with Crippen molar-refractivity contribution in [2.45, 2.75) is 0 Å². The molecule has 0 bridgehead atoms. The lowest BCUT2D eigenvalue weighted by Gasteiger charge is -2.06. The maximum absolute atomic E-state index is 8.58. The molecule has 0 aromatic heterocycles. The van der Waals surface area contributed by atoms with Crippen LogP contribution >= 0.6 is 27.5 Å². The van der Waals surface area contributed by atoms with E-state index in [-0.39, 0.29) is 6.61 Å². The predicted molar refractivity (Wildman–Crippen MR) is 87.9 cm³/mol. The van der Waals surface area contributed by atoms with Crippen molar-refractivity contribution in [3.05, 3.63) is 57.5 Å². The second kappa shape index (κ2) is 7.67. The first-order valence-corrected chi connectivity index (χ1v) is 7.20. The molecule has 0 aliphatic rings. The lowest BCUT2D eigenvalue weighted by atomic mass is 10.2. The largest absolute Gasteiger partial charge is 0.478 e. The molecular weight excluding hydrogens is 354 g/mol. The summed E-state index contributed by atoms with van der Waals surface area (Å²) < 4.78 is 6.24. The SMILES string of the molecule is N#CCOc1ccc(Br)cc1/C=N\Nc1ccccc1Cl. The molecule has 0 saturated heterocycles. The van der Waals surface area contributed by atoms with E-state index in [1.54, 1.807) is 18.3 Å². The van der Waals surface area contributed by atoms with Gasteiger partial charge < -0.3 is 4.74 Å². The van der Waals surface area contributed by atoms with Crippen molar-refractivity contribution >= 4 is 39.4 Å². The number of benzene rings is 2. The van der Waals surface area contributed by atoms with Gasteiger partial charge in [0.1, 0.15) is 11.8 Å². The van der Waals surface area contributed by atoms with Crippen LogP contribution in [0.2, 0.25) is 5.02 Å². The molecule has 0 heterocycles. The van der Waals surface area contributed by atoms with Crippen LogP contribution in [-0.4, -0.2) is 12.8 Å². The van der Waals surface area contributed by atoms with Crippen molar-refractivity contribution in [2.24, 2.45) is 5.10 Å². The zero-order valence-corrected chi connectivity index (χ0v) is 13.2. The molecule has 2 rings (SSSR count). The summed E-state index contributed by atoms with van der Waals surface area (Å²) in [7, 11) is 0. The van der Waals surface area contributed by atoms with Crippen LogP contribution in [0.1, 0.15) is 5.56 Å². The summed E-state index contributed by atoms with van der Waals surface area (Å²) in [6.45, 7) is -0.0135. The number of nitrogens with one attached hydrogen (secondary N) is 1. The van der Waals surface area contributed by atoms with Crippen molar-refractivity contribution in [3.63, 3.8) is 0 Å². The quantitative estimate of drug-likeness (QED) is 0.630. The van der Waals surface area contributed by atoms with Crippen LogP contribution in [0, 0.1) is 11.3 Å². The predicted octanol–water partition coefficient (Wildman–Crippen LogP) is 4.45. The standard InChI is InChI=1S/C15H11BrClN3O/c16-12-5-6-15(21-8-7-18)11(9-12)10-19-20-14-4-2-1-3-13(14)17/h1-6,9-10,20H,8H2/b19-10-. The Morgan fingerprint density at radius 2 is 2.14 bits per heavy atom. The third kappa shape index (κ3) is 4.48. The number of nitriles is 1. The summed E-state index contributed by atoms with van der Waals surface area (Å²) in [5, 5.41) is 13.3. The minimum absolute atomic E-state index is 0.0135. The highest BCUT2D eigenvalue weighted by Gasteiger charge is 2.03. The second-order valence-electron chi connectivity index (χ2n) is 3.98. The first-order valence-electron chi connectivity index (χ1n) is 6.03. The molecule has 0 unspecified atom stereocenters. The number of para-hydroxylation sites is 1. The van der Waals surface area contributed by atoms with Gasteiger partial charge in [0.2, 0.25) is 0 Å². The zero-order chi connectivity index (χ0) is 15.1. The van der Waals surface area contributed by atoms with Gasteiger partial charge in [-0.25, -0.2) is 0 Å². The van der Waals surface area contributed by atoms with E-state index in [0.717, 1.165) is 10.0 Å². The Labute approximate surface area is 136 Å². The average molecular weight is 365 g/mol. The normalized spacial score (nSPS) is 10.3. The van der Waals surface area contributed by atoms with E-state index < -0.39 is 0 Å². The Bertz CT molecular complexity index is 698. The Kier molecular flexibility index (Phi) is 5.61. The maximum Gasteiger partial charge on any atom is 0.174 e. The van der Waals surface area contributed by atoms with Crippen LogP contribution in [0.4, 0.5) is 5.69 Å². The molecular formula is C15H11BrClN3O. The molecule has 4 nitrogen and oxygen atoms in total. The van der Waals surface area contributed by atoms with Crippen molar-refractivity contribution in [1.29, 1.82) is 5.26 Å². The minimum atomic E-state index is -0.0135. The van der Waals surface area contributed by atoms with Gasteiger partial charge in [-0.3, -0.25) is 5.43 Å². The van der Waals surface area contributed by atoms with Gasteiger partial charge in [-0.05, 0) is 30.3 Å². The highest BCUT2D eigenvalue weighted by atomic mass is 79.9. The lowest BCUT2D eigenvalue weighted by Crippen LogP contribution is -1.98. The molecule has 0 fully saturated rings. The Balaban J connectivity index is 2.15. The molecule has 6 heteroatoms. The average Bonchev–Trinajstić information content (AvgIpc) is 2.48. The minimum Gasteiger partial charge on any atom is -0.478 e. The number of nitrogens with zero attached hydrogens (tertiary/aromatic N) is 2. The molecule has 0 atom stereocenters. The van der Waals surface area contributed by atoms with Gasteiger partial charge in [0, 0.05) is 10.0 Å². The third-order valence-corrected chi connectivity index (χ3v) is 3.35. The van der Waals surface area contributed by atoms with E-state index in [1.165, 1.54) is 0 Å². The molecule has 2 aromatic carbocycles. The summed E-state index contributed by atoms with van der Waals surface area (Å²) in [4.78, 5) is 0. The Morgan fingerprint density at radius 1 is 1.33 bits per heavy atom.